The fourth-order valence-electron chi connectivity index (χ4n) is 3.16. The minimum Gasteiger partial charge on any atom is -0.497 e. The fourth-order valence-corrected chi connectivity index (χ4v) is 3.16. The third-order valence-corrected chi connectivity index (χ3v) is 4.68. The number of oxazole rings is 1. The molecule has 1 saturated heterocycles. The van der Waals surface area contributed by atoms with Gasteiger partial charge in [-0.2, -0.15) is 0 Å². The Morgan fingerprint density at radius 1 is 1.08 bits per heavy atom. The number of rotatable bonds is 3. The average Bonchev–Trinajstić information content (AvgIpc) is 2.92. The van der Waals surface area contributed by atoms with E-state index >= 15 is 0 Å². The Bertz CT molecular complexity index is 815. The molecule has 1 fully saturated rings. The minimum atomic E-state index is -0.147. The summed E-state index contributed by atoms with van der Waals surface area (Å²) < 4.78 is 10.3. The number of hydrogen-bond donors (Lipinski definition) is 0. The Kier molecular flexibility index (Phi) is 5.25. The number of carbonyl (C=O) groups is 2. The molecule has 1 aromatic carbocycles. The van der Waals surface area contributed by atoms with Crippen molar-refractivity contribution in [2.75, 3.05) is 33.3 Å². The van der Waals surface area contributed by atoms with Crippen molar-refractivity contribution in [1.29, 1.82) is 0 Å². The van der Waals surface area contributed by atoms with Crippen LogP contribution in [0.15, 0.2) is 29.0 Å². The van der Waals surface area contributed by atoms with Crippen molar-refractivity contribution < 1.29 is 18.7 Å². The Morgan fingerprint density at radius 3 is 2.35 bits per heavy atom. The number of methoxy groups -OCH3 is 1. The van der Waals surface area contributed by atoms with Crippen molar-refractivity contribution in [1.82, 2.24) is 14.8 Å². The SMILES string of the molecule is COc1ccc(C(=O)N2CCCN(C(=O)c3ncoc3C)CC2)c(C)c1. The molecule has 0 spiro atoms. The molecule has 138 valence electrons. The highest BCUT2D eigenvalue weighted by molar-refractivity contribution is 5.96. The number of carbonyl (C=O) groups excluding carboxylic acids is 2. The summed E-state index contributed by atoms with van der Waals surface area (Å²) in [5.74, 6) is 1.08. The van der Waals surface area contributed by atoms with Gasteiger partial charge in [0, 0.05) is 31.7 Å². The van der Waals surface area contributed by atoms with Crippen molar-refractivity contribution in [3.8, 4) is 5.75 Å². The summed E-state index contributed by atoms with van der Waals surface area (Å²) in [5.41, 5.74) is 1.89. The molecule has 1 aromatic heterocycles. The molecule has 0 N–H and O–H groups in total. The Balaban J connectivity index is 1.69. The van der Waals surface area contributed by atoms with Gasteiger partial charge in [0.1, 0.15) is 11.5 Å². The monoisotopic (exact) mass is 357 g/mol. The van der Waals surface area contributed by atoms with Crippen molar-refractivity contribution in [3.63, 3.8) is 0 Å². The Labute approximate surface area is 152 Å². The second kappa shape index (κ2) is 7.59. The molecule has 0 saturated carbocycles. The van der Waals surface area contributed by atoms with Gasteiger partial charge in [-0.1, -0.05) is 0 Å². The van der Waals surface area contributed by atoms with Crippen LogP contribution in [-0.2, 0) is 0 Å². The molecule has 2 heterocycles. The third kappa shape index (κ3) is 3.56. The third-order valence-electron chi connectivity index (χ3n) is 4.68. The van der Waals surface area contributed by atoms with Gasteiger partial charge >= 0.3 is 0 Å². The molecule has 0 unspecified atom stereocenters. The molecule has 0 aliphatic carbocycles. The maximum atomic E-state index is 12.9. The molecular formula is C19H23N3O4. The summed E-state index contributed by atoms with van der Waals surface area (Å²) in [4.78, 5) is 33.0. The zero-order valence-corrected chi connectivity index (χ0v) is 15.3. The summed E-state index contributed by atoms with van der Waals surface area (Å²) in [6.07, 6.45) is 2.01. The Morgan fingerprint density at radius 2 is 1.77 bits per heavy atom. The number of nitrogens with zero attached hydrogens (tertiary/aromatic N) is 3. The van der Waals surface area contributed by atoms with Gasteiger partial charge in [-0.25, -0.2) is 4.98 Å². The summed E-state index contributed by atoms with van der Waals surface area (Å²) in [5, 5.41) is 0. The first-order chi connectivity index (χ1) is 12.5. The molecule has 7 nitrogen and oxygen atoms in total. The van der Waals surface area contributed by atoms with Crippen molar-refractivity contribution in [3.05, 3.63) is 47.2 Å². The molecule has 3 rings (SSSR count). The first-order valence-corrected chi connectivity index (χ1v) is 8.64. The van der Waals surface area contributed by atoms with Crippen LogP contribution in [0.2, 0.25) is 0 Å². The second-order valence-corrected chi connectivity index (χ2v) is 6.38. The summed E-state index contributed by atoms with van der Waals surface area (Å²) in [7, 11) is 1.60. The van der Waals surface area contributed by atoms with Gasteiger partial charge in [-0.3, -0.25) is 9.59 Å². The van der Waals surface area contributed by atoms with Crippen LogP contribution in [0.25, 0.3) is 0 Å². The zero-order chi connectivity index (χ0) is 18.7. The van der Waals surface area contributed by atoms with Crippen molar-refractivity contribution >= 4 is 11.8 Å². The largest absolute Gasteiger partial charge is 0.497 e. The minimum absolute atomic E-state index is 0.0166. The standard InChI is InChI=1S/C19H23N3O4/c1-13-11-15(25-3)5-6-16(13)18(23)21-7-4-8-22(10-9-21)19(24)17-14(2)26-12-20-17/h5-6,11-12H,4,7-10H2,1-3H3. The van der Waals surface area contributed by atoms with E-state index in [9.17, 15) is 9.59 Å². The van der Waals surface area contributed by atoms with E-state index in [4.69, 9.17) is 9.15 Å². The van der Waals surface area contributed by atoms with Crippen LogP contribution in [-0.4, -0.2) is 59.9 Å². The van der Waals surface area contributed by atoms with Crippen LogP contribution >= 0.6 is 0 Å². The van der Waals surface area contributed by atoms with E-state index in [1.807, 2.05) is 13.0 Å². The van der Waals surface area contributed by atoms with Crippen LogP contribution in [0.4, 0.5) is 0 Å². The number of benzene rings is 1. The van der Waals surface area contributed by atoms with Crippen molar-refractivity contribution in [2.45, 2.75) is 20.3 Å². The summed E-state index contributed by atoms with van der Waals surface area (Å²) in [6.45, 7) is 5.80. The number of aromatic nitrogens is 1. The highest BCUT2D eigenvalue weighted by Gasteiger charge is 2.26. The first-order valence-electron chi connectivity index (χ1n) is 8.64. The molecule has 26 heavy (non-hydrogen) atoms. The van der Waals surface area contributed by atoms with E-state index in [0.29, 0.717) is 43.2 Å². The van der Waals surface area contributed by atoms with Crippen LogP contribution in [0.3, 0.4) is 0 Å². The smallest absolute Gasteiger partial charge is 0.276 e. The number of ether oxygens (including phenoxy) is 1. The predicted octanol–water partition coefficient (Wildman–Crippen LogP) is 2.29. The van der Waals surface area contributed by atoms with E-state index in [1.165, 1.54) is 6.39 Å². The van der Waals surface area contributed by atoms with Gasteiger partial charge in [0.2, 0.25) is 0 Å². The molecule has 0 bridgehead atoms. The van der Waals surface area contributed by atoms with Gasteiger partial charge in [0.15, 0.2) is 12.1 Å². The molecule has 1 aliphatic heterocycles. The van der Waals surface area contributed by atoms with Crippen LogP contribution in [0.5, 0.6) is 5.75 Å². The zero-order valence-electron chi connectivity index (χ0n) is 15.3. The molecule has 7 heteroatoms. The lowest BCUT2D eigenvalue weighted by atomic mass is 10.1. The van der Waals surface area contributed by atoms with Gasteiger partial charge in [0.05, 0.1) is 7.11 Å². The van der Waals surface area contributed by atoms with Gasteiger partial charge in [0.25, 0.3) is 11.8 Å². The topological polar surface area (TPSA) is 75.9 Å². The maximum absolute atomic E-state index is 12.9. The number of hydrogen-bond acceptors (Lipinski definition) is 5. The van der Waals surface area contributed by atoms with Crippen LogP contribution in [0.1, 0.15) is 38.6 Å². The summed E-state index contributed by atoms with van der Waals surface area (Å²) >= 11 is 0. The molecule has 0 radical (unpaired) electrons. The molecule has 2 amide bonds. The molecular weight excluding hydrogens is 334 g/mol. The first kappa shape index (κ1) is 18.0. The van der Waals surface area contributed by atoms with E-state index in [0.717, 1.165) is 17.7 Å². The van der Waals surface area contributed by atoms with Gasteiger partial charge in [-0.15, -0.1) is 0 Å². The molecule has 1 aliphatic rings. The van der Waals surface area contributed by atoms with Crippen LogP contribution in [0, 0.1) is 13.8 Å². The lowest BCUT2D eigenvalue weighted by Crippen LogP contribution is -2.37. The predicted molar refractivity (Wildman–Crippen MR) is 95.4 cm³/mol. The number of amides is 2. The van der Waals surface area contributed by atoms with Crippen LogP contribution < -0.4 is 4.74 Å². The van der Waals surface area contributed by atoms with Gasteiger partial charge < -0.3 is 19.0 Å². The molecule has 2 aromatic rings. The van der Waals surface area contributed by atoms with E-state index in [-0.39, 0.29) is 11.8 Å². The van der Waals surface area contributed by atoms with Crippen molar-refractivity contribution in [2.24, 2.45) is 0 Å². The summed E-state index contributed by atoms with van der Waals surface area (Å²) in [6, 6.07) is 5.44. The van der Waals surface area contributed by atoms with E-state index in [2.05, 4.69) is 4.98 Å². The van der Waals surface area contributed by atoms with E-state index in [1.54, 1.807) is 36.0 Å². The lowest BCUT2D eigenvalue weighted by molar-refractivity contribution is 0.0714. The fraction of sp³-hybridized carbons (Fsp3) is 0.421. The van der Waals surface area contributed by atoms with Gasteiger partial charge in [-0.05, 0) is 44.0 Å². The maximum Gasteiger partial charge on any atom is 0.276 e. The van der Waals surface area contributed by atoms with E-state index < -0.39 is 0 Å². The lowest BCUT2D eigenvalue weighted by Gasteiger charge is -2.22. The quantitative estimate of drug-likeness (QED) is 0.842. The second-order valence-electron chi connectivity index (χ2n) is 6.38. The average molecular weight is 357 g/mol. The molecule has 0 atom stereocenters. The normalized spacial score (nSPS) is 14.9. The Hall–Kier alpha value is -2.83. The number of aryl methyl sites for hydroxylation is 2. The highest BCUT2D eigenvalue weighted by atomic mass is 16.5. The highest BCUT2D eigenvalue weighted by Crippen LogP contribution is 2.19.